The van der Waals surface area contributed by atoms with Gasteiger partial charge in [-0.15, -0.1) is 0 Å². The van der Waals surface area contributed by atoms with E-state index in [0.717, 1.165) is 43.9 Å². The lowest BCUT2D eigenvalue weighted by atomic mass is 9.86. The molecule has 0 saturated heterocycles. The molecule has 7 aromatic carbocycles. The fraction of sp³-hybridized carbons (Fsp3) is 0. The van der Waals surface area contributed by atoms with Crippen LogP contribution in [0.1, 0.15) is 0 Å². The van der Waals surface area contributed by atoms with Gasteiger partial charge in [0.2, 0.25) is 0 Å². The van der Waals surface area contributed by atoms with Crippen molar-refractivity contribution in [2.45, 2.75) is 0 Å². The van der Waals surface area contributed by atoms with Crippen LogP contribution in [0.25, 0.3) is 71.3 Å². The molecule has 0 unspecified atom stereocenters. The van der Waals surface area contributed by atoms with Crippen LogP contribution in [-0.4, -0.2) is 4.57 Å². The maximum Gasteiger partial charge on any atom is 0.123 e. The molecule has 1 aromatic heterocycles. The topological polar surface area (TPSA) is 4.93 Å². The molecule has 0 aliphatic rings. The molecule has 188 valence electrons. The van der Waals surface area contributed by atoms with Gasteiger partial charge in [0.25, 0.3) is 0 Å². The van der Waals surface area contributed by atoms with Gasteiger partial charge in [-0.3, -0.25) is 0 Å². The van der Waals surface area contributed by atoms with Crippen LogP contribution in [0.2, 0.25) is 0 Å². The number of nitrogens with zero attached hydrogens (tertiary/aromatic N) is 1. The number of halogens is 1. The number of aromatic nitrogens is 1. The summed E-state index contributed by atoms with van der Waals surface area (Å²) in [5.41, 5.74) is 7.84. The molecule has 40 heavy (non-hydrogen) atoms. The van der Waals surface area contributed by atoms with Crippen molar-refractivity contribution in [3.8, 4) is 27.9 Å². The lowest BCUT2D eigenvalue weighted by Gasteiger charge is -2.18. The highest BCUT2D eigenvalue weighted by Gasteiger charge is 2.17. The molecule has 0 N–H and O–H groups in total. The molecule has 0 fully saturated rings. The normalized spacial score (nSPS) is 11.6. The molecule has 0 radical (unpaired) electrons. The summed E-state index contributed by atoms with van der Waals surface area (Å²) < 4.78 is 16.7. The summed E-state index contributed by atoms with van der Waals surface area (Å²) in [6, 6.07) is 50.0. The first-order valence-corrected chi connectivity index (χ1v) is 13.6. The van der Waals surface area contributed by atoms with Crippen molar-refractivity contribution < 1.29 is 4.39 Å². The van der Waals surface area contributed by atoms with Gasteiger partial charge in [0, 0.05) is 16.5 Å². The van der Waals surface area contributed by atoms with E-state index < -0.39 is 0 Å². The first kappa shape index (κ1) is 22.7. The molecule has 8 rings (SSSR count). The Labute approximate surface area is 231 Å². The standard InChI is InChI=1S/C38H24FN/c39-27-11-9-10-26(24-27)38-33-16-3-1-14-31(33)37(32-15-2-4-17-34(32)38)25-20-22-28(23-21-25)40-35-18-7-5-12-29(35)30-13-6-8-19-36(30)40/h1-24H. The Bertz CT molecular complexity index is 2110. The highest BCUT2D eigenvalue weighted by molar-refractivity contribution is 6.21. The van der Waals surface area contributed by atoms with Crippen LogP contribution in [0.4, 0.5) is 4.39 Å². The minimum atomic E-state index is -0.226. The Balaban J connectivity index is 1.38. The number of fused-ring (bicyclic) bond motifs is 5. The van der Waals surface area contributed by atoms with Gasteiger partial charge in [-0.05, 0) is 80.2 Å². The third kappa shape index (κ3) is 3.40. The lowest BCUT2D eigenvalue weighted by molar-refractivity contribution is 0.628. The molecule has 0 amide bonds. The third-order valence-electron chi connectivity index (χ3n) is 8.04. The minimum Gasteiger partial charge on any atom is -0.309 e. The summed E-state index contributed by atoms with van der Waals surface area (Å²) in [6.45, 7) is 0. The molecule has 0 spiro atoms. The number of benzene rings is 7. The van der Waals surface area contributed by atoms with E-state index in [9.17, 15) is 4.39 Å². The van der Waals surface area contributed by atoms with Crippen molar-refractivity contribution in [3.05, 3.63) is 151 Å². The van der Waals surface area contributed by atoms with Crippen LogP contribution >= 0.6 is 0 Å². The SMILES string of the molecule is Fc1cccc(-c2c3ccccc3c(-c3ccc(-n4c5ccccc5c5ccccc54)cc3)c3ccccc23)c1. The molecule has 0 aliphatic heterocycles. The van der Waals surface area contributed by atoms with Gasteiger partial charge < -0.3 is 4.57 Å². The second-order valence-corrected chi connectivity index (χ2v) is 10.3. The summed E-state index contributed by atoms with van der Waals surface area (Å²) in [7, 11) is 0. The maximum absolute atomic E-state index is 14.3. The fourth-order valence-corrected chi connectivity index (χ4v) is 6.37. The predicted octanol–water partition coefficient (Wildman–Crippen LogP) is 10.6. The molecule has 1 nitrogen and oxygen atoms in total. The van der Waals surface area contributed by atoms with E-state index in [1.165, 1.54) is 33.4 Å². The third-order valence-corrected chi connectivity index (χ3v) is 8.04. The Morgan fingerprint density at radius 1 is 0.375 bits per heavy atom. The van der Waals surface area contributed by atoms with E-state index >= 15 is 0 Å². The maximum atomic E-state index is 14.3. The van der Waals surface area contributed by atoms with Gasteiger partial charge in [-0.1, -0.05) is 109 Å². The second-order valence-electron chi connectivity index (χ2n) is 10.3. The lowest BCUT2D eigenvalue weighted by Crippen LogP contribution is -1.94. The van der Waals surface area contributed by atoms with Crippen LogP contribution in [0.5, 0.6) is 0 Å². The van der Waals surface area contributed by atoms with Crippen molar-refractivity contribution in [3.63, 3.8) is 0 Å². The number of hydrogen-bond acceptors (Lipinski definition) is 0. The summed E-state index contributed by atoms with van der Waals surface area (Å²) in [5.74, 6) is -0.226. The van der Waals surface area contributed by atoms with Gasteiger partial charge in [-0.25, -0.2) is 4.39 Å². The monoisotopic (exact) mass is 513 g/mol. The zero-order chi connectivity index (χ0) is 26.6. The summed E-state index contributed by atoms with van der Waals surface area (Å²) >= 11 is 0. The molecule has 8 aromatic rings. The van der Waals surface area contributed by atoms with E-state index in [0.29, 0.717) is 0 Å². The van der Waals surface area contributed by atoms with Crippen LogP contribution < -0.4 is 0 Å². The smallest absolute Gasteiger partial charge is 0.123 e. The molecule has 0 bridgehead atoms. The predicted molar refractivity (Wildman–Crippen MR) is 167 cm³/mol. The quantitative estimate of drug-likeness (QED) is 0.207. The van der Waals surface area contributed by atoms with Crippen LogP contribution in [-0.2, 0) is 0 Å². The zero-order valence-electron chi connectivity index (χ0n) is 21.7. The van der Waals surface area contributed by atoms with E-state index in [1.807, 2.05) is 6.07 Å². The Morgan fingerprint density at radius 3 is 1.32 bits per heavy atom. The molecule has 0 aliphatic carbocycles. The highest BCUT2D eigenvalue weighted by Crippen LogP contribution is 2.44. The number of hydrogen-bond donors (Lipinski definition) is 0. The summed E-state index contributed by atoms with van der Waals surface area (Å²) in [6.07, 6.45) is 0. The zero-order valence-corrected chi connectivity index (χ0v) is 21.7. The Hall–Kier alpha value is -5.21. The van der Waals surface area contributed by atoms with Crippen LogP contribution in [0.15, 0.2) is 146 Å². The van der Waals surface area contributed by atoms with Gasteiger partial charge in [0.15, 0.2) is 0 Å². The van der Waals surface area contributed by atoms with Crippen molar-refractivity contribution in [2.24, 2.45) is 0 Å². The van der Waals surface area contributed by atoms with Crippen LogP contribution in [0.3, 0.4) is 0 Å². The fourth-order valence-electron chi connectivity index (χ4n) is 6.37. The van der Waals surface area contributed by atoms with E-state index in [4.69, 9.17) is 0 Å². The van der Waals surface area contributed by atoms with E-state index in [1.54, 1.807) is 12.1 Å². The van der Waals surface area contributed by atoms with E-state index in [2.05, 4.69) is 126 Å². The summed E-state index contributed by atoms with van der Waals surface area (Å²) in [4.78, 5) is 0. The molecule has 1 heterocycles. The largest absolute Gasteiger partial charge is 0.309 e. The van der Waals surface area contributed by atoms with Crippen LogP contribution in [0, 0.1) is 5.82 Å². The van der Waals surface area contributed by atoms with Crippen molar-refractivity contribution in [2.75, 3.05) is 0 Å². The van der Waals surface area contributed by atoms with Crippen molar-refractivity contribution in [1.82, 2.24) is 4.57 Å². The van der Waals surface area contributed by atoms with Crippen molar-refractivity contribution >= 4 is 43.4 Å². The molecule has 0 saturated carbocycles. The Morgan fingerprint density at radius 2 is 0.825 bits per heavy atom. The van der Waals surface area contributed by atoms with E-state index in [-0.39, 0.29) is 5.82 Å². The molecule has 2 heteroatoms. The van der Waals surface area contributed by atoms with Gasteiger partial charge in [0.1, 0.15) is 5.82 Å². The average molecular weight is 514 g/mol. The van der Waals surface area contributed by atoms with Crippen molar-refractivity contribution in [1.29, 1.82) is 0 Å². The molecule has 0 atom stereocenters. The number of para-hydroxylation sites is 2. The number of rotatable bonds is 3. The van der Waals surface area contributed by atoms with Gasteiger partial charge >= 0.3 is 0 Å². The molecular formula is C38H24FN. The second kappa shape index (κ2) is 8.93. The minimum absolute atomic E-state index is 0.226. The molecular weight excluding hydrogens is 489 g/mol. The average Bonchev–Trinajstić information content (AvgIpc) is 3.34. The van der Waals surface area contributed by atoms with Gasteiger partial charge in [0.05, 0.1) is 11.0 Å². The highest BCUT2D eigenvalue weighted by atomic mass is 19.1. The van der Waals surface area contributed by atoms with Gasteiger partial charge in [-0.2, -0.15) is 0 Å². The Kier molecular flexibility index (Phi) is 5.08. The first-order chi connectivity index (χ1) is 19.8. The first-order valence-electron chi connectivity index (χ1n) is 13.6. The summed E-state index contributed by atoms with van der Waals surface area (Å²) in [5, 5.41) is 7.07.